The predicted octanol–water partition coefficient (Wildman–Crippen LogP) is -0.240. The van der Waals surface area contributed by atoms with Crippen molar-refractivity contribution in [3.05, 3.63) is 28.8 Å². The third-order valence-corrected chi connectivity index (χ3v) is 3.21. The zero-order chi connectivity index (χ0) is 13.1. The molecule has 0 spiro atoms. The van der Waals surface area contributed by atoms with Gasteiger partial charge < -0.3 is 10.0 Å². The molecule has 0 aromatic heterocycles. The van der Waals surface area contributed by atoms with Crippen LogP contribution in [0.3, 0.4) is 0 Å². The quantitative estimate of drug-likeness (QED) is 0.662. The summed E-state index contributed by atoms with van der Waals surface area (Å²) in [6, 6.07) is 4.34. The molecule has 3 N–H and O–H groups in total. The Kier molecular flexibility index (Phi) is 4.24. The number of hydrogen-bond acceptors (Lipinski definition) is 4. The van der Waals surface area contributed by atoms with Crippen LogP contribution in [0.4, 0.5) is 0 Å². The van der Waals surface area contributed by atoms with Crippen LogP contribution in [0, 0.1) is 0 Å². The number of halogens is 1. The minimum absolute atomic E-state index is 0.206. The molecule has 1 saturated heterocycles. The molecule has 0 atom stereocenters. The second-order valence-electron chi connectivity index (χ2n) is 4.25. The van der Waals surface area contributed by atoms with Crippen molar-refractivity contribution >= 4 is 30.1 Å². The lowest BCUT2D eigenvalue weighted by atomic mass is 9.80. The van der Waals surface area contributed by atoms with Gasteiger partial charge >= 0.3 is 7.12 Å². The van der Waals surface area contributed by atoms with Crippen LogP contribution < -0.4 is 10.9 Å². The first-order valence-electron chi connectivity index (χ1n) is 5.79. The molecule has 0 aliphatic carbocycles. The van der Waals surface area contributed by atoms with Crippen molar-refractivity contribution < 1.29 is 14.8 Å². The van der Waals surface area contributed by atoms with Gasteiger partial charge in [-0.05, 0) is 30.4 Å². The Hall–Kier alpha value is -1.08. The van der Waals surface area contributed by atoms with Crippen LogP contribution >= 0.6 is 11.6 Å². The van der Waals surface area contributed by atoms with Crippen molar-refractivity contribution in [1.29, 1.82) is 0 Å². The monoisotopic (exact) mass is 268 g/mol. The smallest absolute Gasteiger partial charge is 0.423 e. The third-order valence-electron chi connectivity index (χ3n) is 2.90. The number of hydrogen-bond donors (Lipinski definition) is 3. The average Bonchev–Trinajstić information content (AvgIpc) is 2.81. The molecule has 1 aliphatic rings. The van der Waals surface area contributed by atoms with Crippen molar-refractivity contribution in [1.82, 2.24) is 10.4 Å². The molecule has 1 heterocycles. The van der Waals surface area contributed by atoms with Crippen LogP contribution in [0.5, 0.6) is 0 Å². The van der Waals surface area contributed by atoms with E-state index in [1.165, 1.54) is 18.2 Å². The molecule has 0 unspecified atom stereocenters. The summed E-state index contributed by atoms with van der Waals surface area (Å²) >= 11 is 5.95. The van der Waals surface area contributed by atoms with Gasteiger partial charge in [-0.25, -0.2) is 5.01 Å². The Balaban J connectivity index is 2.10. The fourth-order valence-corrected chi connectivity index (χ4v) is 2.18. The number of benzene rings is 1. The fraction of sp³-hybridized carbons (Fsp3) is 0.364. The van der Waals surface area contributed by atoms with E-state index < -0.39 is 7.12 Å². The zero-order valence-corrected chi connectivity index (χ0v) is 10.5. The maximum absolute atomic E-state index is 11.9. The van der Waals surface area contributed by atoms with E-state index in [1.807, 2.05) is 5.01 Å². The number of carbonyl (C=O) groups is 1. The Morgan fingerprint density at radius 1 is 1.33 bits per heavy atom. The van der Waals surface area contributed by atoms with Gasteiger partial charge in [0.1, 0.15) is 0 Å². The van der Waals surface area contributed by atoms with Gasteiger partial charge in [-0.3, -0.25) is 10.2 Å². The van der Waals surface area contributed by atoms with Crippen molar-refractivity contribution in [3.63, 3.8) is 0 Å². The summed E-state index contributed by atoms with van der Waals surface area (Å²) in [5, 5.41) is 20.1. The molecule has 1 fully saturated rings. The average molecular weight is 269 g/mol. The van der Waals surface area contributed by atoms with Gasteiger partial charge in [0.15, 0.2) is 0 Å². The van der Waals surface area contributed by atoms with E-state index in [1.54, 1.807) is 0 Å². The van der Waals surface area contributed by atoms with Gasteiger partial charge in [-0.15, -0.1) is 0 Å². The first kappa shape index (κ1) is 13.4. The molecule has 18 heavy (non-hydrogen) atoms. The molecule has 7 heteroatoms. The Morgan fingerprint density at radius 2 is 2.00 bits per heavy atom. The number of carbonyl (C=O) groups excluding carboxylic acids is 1. The lowest BCUT2D eigenvalue weighted by Crippen LogP contribution is -2.40. The lowest BCUT2D eigenvalue weighted by Gasteiger charge is -2.16. The van der Waals surface area contributed by atoms with Crippen molar-refractivity contribution in [2.45, 2.75) is 12.8 Å². The van der Waals surface area contributed by atoms with E-state index >= 15 is 0 Å². The highest BCUT2D eigenvalue weighted by molar-refractivity contribution is 6.59. The van der Waals surface area contributed by atoms with Gasteiger partial charge in [-0.2, -0.15) is 0 Å². The van der Waals surface area contributed by atoms with Gasteiger partial charge in [-0.1, -0.05) is 17.7 Å². The van der Waals surface area contributed by atoms with Crippen LogP contribution in [-0.4, -0.2) is 41.2 Å². The van der Waals surface area contributed by atoms with Crippen LogP contribution in [0.25, 0.3) is 0 Å². The predicted molar refractivity (Wildman–Crippen MR) is 69.6 cm³/mol. The molecule has 96 valence electrons. The number of amides is 1. The van der Waals surface area contributed by atoms with Crippen LogP contribution in [0.1, 0.15) is 23.2 Å². The van der Waals surface area contributed by atoms with E-state index in [2.05, 4.69) is 5.43 Å². The normalized spacial score (nSPS) is 15.7. The molecule has 1 amide bonds. The number of nitrogens with one attached hydrogen (secondary N) is 1. The molecule has 0 saturated carbocycles. The SMILES string of the molecule is O=C(NN1CCCC1)c1ccc(B(O)O)cc1Cl. The summed E-state index contributed by atoms with van der Waals surface area (Å²) in [4.78, 5) is 11.9. The van der Waals surface area contributed by atoms with E-state index in [4.69, 9.17) is 21.6 Å². The van der Waals surface area contributed by atoms with Crippen molar-refractivity contribution in [3.8, 4) is 0 Å². The summed E-state index contributed by atoms with van der Waals surface area (Å²) in [5.74, 6) is -0.277. The summed E-state index contributed by atoms with van der Waals surface area (Å²) in [6.07, 6.45) is 2.15. The summed E-state index contributed by atoms with van der Waals surface area (Å²) in [6.45, 7) is 1.69. The van der Waals surface area contributed by atoms with E-state index in [9.17, 15) is 4.79 Å². The minimum Gasteiger partial charge on any atom is -0.423 e. The third kappa shape index (κ3) is 3.03. The molecule has 1 aromatic carbocycles. The van der Waals surface area contributed by atoms with E-state index in [0.717, 1.165) is 25.9 Å². The molecular weight excluding hydrogens is 254 g/mol. The summed E-state index contributed by atoms with van der Waals surface area (Å²) in [5.41, 5.74) is 3.36. The van der Waals surface area contributed by atoms with Gasteiger partial charge in [0.25, 0.3) is 5.91 Å². The molecule has 0 radical (unpaired) electrons. The second kappa shape index (κ2) is 5.71. The molecule has 5 nitrogen and oxygen atoms in total. The number of nitrogens with zero attached hydrogens (tertiary/aromatic N) is 1. The van der Waals surface area contributed by atoms with E-state index in [0.29, 0.717) is 5.56 Å². The topological polar surface area (TPSA) is 72.8 Å². The fourth-order valence-electron chi connectivity index (χ4n) is 1.91. The number of rotatable bonds is 3. The van der Waals surface area contributed by atoms with Crippen LogP contribution in [0.15, 0.2) is 18.2 Å². The molecule has 0 bridgehead atoms. The highest BCUT2D eigenvalue weighted by atomic mass is 35.5. The highest BCUT2D eigenvalue weighted by Gasteiger charge is 2.19. The minimum atomic E-state index is -1.59. The molecule has 1 aliphatic heterocycles. The molecule has 2 rings (SSSR count). The van der Waals surface area contributed by atoms with Crippen molar-refractivity contribution in [2.24, 2.45) is 0 Å². The van der Waals surface area contributed by atoms with Crippen LogP contribution in [0.2, 0.25) is 5.02 Å². The molecular formula is C11H14BClN2O3. The Bertz CT molecular complexity index is 450. The Labute approximate surface area is 110 Å². The zero-order valence-electron chi connectivity index (χ0n) is 9.77. The standard InChI is InChI=1S/C11H14BClN2O3/c13-10-7-8(12(17)18)3-4-9(10)11(16)14-15-5-1-2-6-15/h3-4,7,17-18H,1-2,5-6H2,(H,14,16). The van der Waals surface area contributed by atoms with Crippen molar-refractivity contribution in [2.75, 3.05) is 13.1 Å². The van der Waals surface area contributed by atoms with Gasteiger partial charge in [0.05, 0.1) is 10.6 Å². The first-order chi connectivity index (χ1) is 8.58. The largest absolute Gasteiger partial charge is 0.488 e. The van der Waals surface area contributed by atoms with E-state index in [-0.39, 0.29) is 16.4 Å². The Morgan fingerprint density at radius 3 is 2.56 bits per heavy atom. The molecule has 1 aromatic rings. The lowest BCUT2D eigenvalue weighted by molar-refractivity contribution is 0.0826. The van der Waals surface area contributed by atoms with Gasteiger partial charge in [0.2, 0.25) is 0 Å². The van der Waals surface area contributed by atoms with Gasteiger partial charge in [0, 0.05) is 13.1 Å². The second-order valence-corrected chi connectivity index (χ2v) is 4.66. The van der Waals surface area contributed by atoms with Crippen LogP contribution in [-0.2, 0) is 0 Å². The maximum atomic E-state index is 11.9. The first-order valence-corrected chi connectivity index (χ1v) is 6.17. The summed E-state index contributed by atoms with van der Waals surface area (Å²) < 4.78 is 0. The maximum Gasteiger partial charge on any atom is 0.488 e. The highest BCUT2D eigenvalue weighted by Crippen LogP contribution is 2.14. The number of hydrazine groups is 1. The summed E-state index contributed by atoms with van der Waals surface area (Å²) in [7, 11) is -1.59.